The highest BCUT2D eigenvalue weighted by atomic mass is 19.1. The van der Waals surface area contributed by atoms with E-state index in [1.54, 1.807) is 12.3 Å². The maximum absolute atomic E-state index is 14.0. The number of hydrogen-bond donors (Lipinski definition) is 2. The molecule has 0 atom stereocenters. The number of amides is 1. The van der Waals surface area contributed by atoms with Crippen LogP contribution in [0.15, 0.2) is 60.8 Å². The molecule has 5 heteroatoms. The number of pyridine rings is 1. The first-order valence-electron chi connectivity index (χ1n) is 9.02. The van der Waals surface area contributed by atoms with Gasteiger partial charge in [0.2, 0.25) is 0 Å². The standard InChI is InChI=1S/C22H20FN3O/c23-20-7-6-18(17-9-10-24-14-19(17)20)22(27)26-21-13-16(8-11-25-21)12-15-4-2-1-3-5-15/h1-8,11,13,24H,9-10,12,14H2,(H,25,26,27). The van der Waals surface area contributed by atoms with E-state index in [1.807, 2.05) is 30.3 Å². The summed E-state index contributed by atoms with van der Waals surface area (Å²) in [4.78, 5) is 17.0. The molecule has 4 rings (SSSR count). The van der Waals surface area contributed by atoms with Crippen LogP contribution in [0.4, 0.5) is 10.2 Å². The third-order valence-corrected chi connectivity index (χ3v) is 4.79. The molecular weight excluding hydrogens is 341 g/mol. The van der Waals surface area contributed by atoms with Crippen LogP contribution in [0, 0.1) is 5.82 Å². The van der Waals surface area contributed by atoms with E-state index < -0.39 is 0 Å². The van der Waals surface area contributed by atoms with Crippen LogP contribution in [0.1, 0.15) is 32.6 Å². The van der Waals surface area contributed by atoms with Gasteiger partial charge in [-0.2, -0.15) is 0 Å². The van der Waals surface area contributed by atoms with Gasteiger partial charge >= 0.3 is 0 Å². The zero-order valence-electron chi connectivity index (χ0n) is 14.8. The van der Waals surface area contributed by atoms with Crippen LogP contribution in [0.25, 0.3) is 0 Å². The molecule has 0 saturated heterocycles. The van der Waals surface area contributed by atoms with Crippen LogP contribution in [-0.4, -0.2) is 17.4 Å². The molecule has 136 valence electrons. The van der Waals surface area contributed by atoms with Gasteiger partial charge in [-0.1, -0.05) is 30.3 Å². The molecule has 27 heavy (non-hydrogen) atoms. The number of nitrogens with zero attached hydrogens (tertiary/aromatic N) is 1. The van der Waals surface area contributed by atoms with Crippen LogP contribution in [0.2, 0.25) is 0 Å². The smallest absolute Gasteiger partial charge is 0.257 e. The number of anilines is 1. The van der Waals surface area contributed by atoms with Gasteiger partial charge in [-0.3, -0.25) is 4.79 Å². The summed E-state index contributed by atoms with van der Waals surface area (Å²) in [6.07, 6.45) is 3.10. The topological polar surface area (TPSA) is 54.0 Å². The molecule has 0 radical (unpaired) electrons. The van der Waals surface area contributed by atoms with Crippen molar-refractivity contribution in [3.8, 4) is 0 Å². The molecule has 1 aromatic heterocycles. The molecular formula is C22H20FN3O. The van der Waals surface area contributed by atoms with Crippen LogP contribution < -0.4 is 10.6 Å². The number of nitrogens with one attached hydrogen (secondary N) is 2. The summed E-state index contributed by atoms with van der Waals surface area (Å²) in [5.74, 6) is -0.0188. The lowest BCUT2D eigenvalue weighted by Crippen LogP contribution is -2.27. The van der Waals surface area contributed by atoms with Crippen LogP contribution in [0.3, 0.4) is 0 Å². The lowest BCUT2D eigenvalue weighted by molar-refractivity contribution is 0.102. The van der Waals surface area contributed by atoms with E-state index in [9.17, 15) is 9.18 Å². The molecule has 4 nitrogen and oxygen atoms in total. The average Bonchev–Trinajstić information content (AvgIpc) is 2.69. The summed E-state index contributed by atoms with van der Waals surface area (Å²) in [6.45, 7) is 1.19. The van der Waals surface area contributed by atoms with E-state index in [0.717, 1.165) is 24.1 Å². The molecule has 2 N–H and O–H groups in total. The van der Waals surface area contributed by atoms with Crippen LogP contribution in [0.5, 0.6) is 0 Å². The monoisotopic (exact) mass is 361 g/mol. The average molecular weight is 361 g/mol. The normalized spacial score (nSPS) is 13.1. The number of aromatic nitrogens is 1. The SMILES string of the molecule is O=C(Nc1cc(Cc2ccccc2)ccn1)c1ccc(F)c2c1CCNC2. The fraction of sp³-hybridized carbons (Fsp3) is 0.182. The Morgan fingerprint density at radius 3 is 2.78 bits per heavy atom. The summed E-state index contributed by atoms with van der Waals surface area (Å²) in [5.41, 5.74) is 4.15. The van der Waals surface area contributed by atoms with Crippen molar-refractivity contribution in [2.45, 2.75) is 19.4 Å². The molecule has 0 aliphatic carbocycles. The second-order valence-corrected chi connectivity index (χ2v) is 6.64. The van der Waals surface area contributed by atoms with Crippen molar-refractivity contribution < 1.29 is 9.18 Å². The molecule has 1 amide bonds. The lowest BCUT2D eigenvalue weighted by atomic mass is 9.94. The fourth-order valence-corrected chi connectivity index (χ4v) is 3.45. The van der Waals surface area contributed by atoms with Crippen molar-refractivity contribution in [3.63, 3.8) is 0 Å². The Balaban J connectivity index is 1.55. The predicted octanol–water partition coefficient (Wildman–Crippen LogP) is 3.71. The van der Waals surface area contributed by atoms with E-state index >= 15 is 0 Å². The van der Waals surface area contributed by atoms with Crippen molar-refractivity contribution >= 4 is 11.7 Å². The first kappa shape index (κ1) is 17.4. The van der Waals surface area contributed by atoms with Crippen molar-refractivity contribution in [2.24, 2.45) is 0 Å². The third kappa shape index (κ3) is 3.88. The largest absolute Gasteiger partial charge is 0.312 e. The van der Waals surface area contributed by atoms with E-state index in [-0.39, 0.29) is 11.7 Å². The van der Waals surface area contributed by atoms with Gasteiger partial charge in [-0.25, -0.2) is 9.37 Å². The van der Waals surface area contributed by atoms with Gasteiger partial charge in [0.05, 0.1) is 0 Å². The van der Waals surface area contributed by atoms with E-state index in [2.05, 4.69) is 27.8 Å². The molecule has 0 saturated carbocycles. The molecule has 0 spiro atoms. The fourth-order valence-electron chi connectivity index (χ4n) is 3.45. The maximum Gasteiger partial charge on any atom is 0.257 e. The van der Waals surface area contributed by atoms with Gasteiger partial charge in [-0.05, 0) is 60.3 Å². The first-order valence-corrected chi connectivity index (χ1v) is 9.02. The Bertz CT molecular complexity index is 973. The van der Waals surface area contributed by atoms with Gasteiger partial charge in [0.25, 0.3) is 5.91 Å². The van der Waals surface area contributed by atoms with Crippen molar-refractivity contribution in [3.05, 3.63) is 94.4 Å². The number of benzene rings is 2. The Kier molecular flexibility index (Phi) is 4.94. The minimum absolute atomic E-state index is 0.252. The Morgan fingerprint density at radius 2 is 1.93 bits per heavy atom. The number of halogens is 1. The number of carbonyl (C=O) groups is 1. The number of fused-ring (bicyclic) bond motifs is 1. The van der Waals surface area contributed by atoms with Gasteiger partial charge in [0.1, 0.15) is 11.6 Å². The molecule has 3 aromatic rings. The van der Waals surface area contributed by atoms with Gasteiger partial charge in [0, 0.05) is 23.9 Å². The molecule has 0 bridgehead atoms. The molecule has 2 heterocycles. The zero-order valence-corrected chi connectivity index (χ0v) is 14.8. The summed E-state index contributed by atoms with van der Waals surface area (Å²) in [7, 11) is 0. The number of carbonyl (C=O) groups excluding carboxylic acids is 1. The molecule has 1 aliphatic rings. The highest BCUT2D eigenvalue weighted by molar-refractivity contribution is 6.05. The van der Waals surface area contributed by atoms with Crippen LogP contribution in [-0.2, 0) is 19.4 Å². The first-order chi connectivity index (χ1) is 13.2. The molecule has 0 fully saturated rings. The summed E-state index contributed by atoms with van der Waals surface area (Å²) in [6, 6.07) is 16.9. The Morgan fingerprint density at radius 1 is 1.07 bits per heavy atom. The van der Waals surface area contributed by atoms with E-state index in [4.69, 9.17) is 0 Å². The number of rotatable bonds is 4. The molecule has 1 aliphatic heterocycles. The second kappa shape index (κ2) is 7.68. The maximum atomic E-state index is 14.0. The van der Waals surface area contributed by atoms with Crippen molar-refractivity contribution in [1.82, 2.24) is 10.3 Å². The minimum Gasteiger partial charge on any atom is -0.312 e. The third-order valence-electron chi connectivity index (χ3n) is 4.79. The summed E-state index contributed by atoms with van der Waals surface area (Å²) >= 11 is 0. The highest BCUT2D eigenvalue weighted by Crippen LogP contribution is 2.23. The summed E-state index contributed by atoms with van der Waals surface area (Å²) < 4.78 is 14.0. The van der Waals surface area contributed by atoms with Gasteiger partial charge < -0.3 is 10.6 Å². The summed E-state index contributed by atoms with van der Waals surface area (Å²) in [5, 5.41) is 6.01. The predicted molar refractivity (Wildman–Crippen MR) is 103 cm³/mol. The zero-order chi connectivity index (χ0) is 18.6. The van der Waals surface area contributed by atoms with Gasteiger partial charge in [0.15, 0.2) is 0 Å². The van der Waals surface area contributed by atoms with Crippen molar-refractivity contribution in [2.75, 3.05) is 11.9 Å². The number of hydrogen-bond acceptors (Lipinski definition) is 3. The molecule has 0 unspecified atom stereocenters. The lowest BCUT2D eigenvalue weighted by Gasteiger charge is -2.20. The molecule has 2 aromatic carbocycles. The van der Waals surface area contributed by atoms with E-state index in [0.29, 0.717) is 29.9 Å². The van der Waals surface area contributed by atoms with Crippen molar-refractivity contribution in [1.29, 1.82) is 0 Å². The van der Waals surface area contributed by atoms with Crippen LogP contribution >= 0.6 is 0 Å². The minimum atomic E-state index is -0.267. The second-order valence-electron chi connectivity index (χ2n) is 6.64. The van der Waals surface area contributed by atoms with Gasteiger partial charge in [-0.15, -0.1) is 0 Å². The Hall–Kier alpha value is -3.05. The van der Waals surface area contributed by atoms with E-state index in [1.165, 1.54) is 11.6 Å². The highest BCUT2D eigenvalue weighted by Gasteiger charge is 2.21. The Labute approximate surface area is 157 Å². The quantitative estimate of drug-likeness (QED) is 0.745.